The third kappa shape index (κ3) is 6.21. The number of hydrogen-bond acceptors (Lipinski definition) is 6. The Bertz CT molecular complexity index is 696. The molecule has 0 bridgehead atoms. The van der Waals surface area contributed by atoms with E-state index in [9.17, 15) is 14.4 Å². The molecule has 1 unspecified atom stereocenters. The summed E-state index contributed by atoms with van der Waals surface area (Å²) in [5.41, 5.74) is -0.359. The zero-order valence-electron chi connectivity index (χ0n) is 16.8. The Morgan fingerprint density at radius 3 is 2.57 bits per heavy atom. The van der Waals surface area contributed by atoms with Crippen molar-refractivity contribution in [3.8, 4) is 0 Å². The van der Waals surface area contributed by atoms with E-state index in [1.54, 1.807) is 0 Å². The summed E-state index contributed by atoms with van der Waals surface area (Å²) in [5, 5.41) is 10.6. The Morgan fingerprint density at radius 2 is 2.04 bits per heavy atom. The molecule has 0 saturated heterocycles. The number of nitrogens with one attached hydrogen (secondary N) is 1. The Hall–Kier alpha value is -2.64. The fraction of sp³-hybridized carbons (Fsp3) is 0.500. The van der Waals surface area contributed by atoms with Gasteiger partial charge >= 0.3 is 166 Å². The van der Waals surface area contributed by atoms with Crippen molar-refractivity contribution in [2.75, 3.05) is 7.11 Å². The van der Waals surface area contributed by atoms with Gasteiger partial charge in [0.05, 0.1) is 0 Å². The zero-order chi connectivity index (χ0) is 21.0. The molecule has 0 saturated carbocycles. The summed E-state index contributed by atoms with van der Waals surface area (Å²) in [5.74, 6) is -1.34. The Balaban J connectivity index is 3.08. The molecule has 0 aromatic heterocycles. The van der Waals surface area contributed by atoms with Gasteiger partial charge in [0.2, 0.25) is 0 Å². The average molecular weight is 385 g/mol. The molecule has 150 valence electrons. The Labute approximate surface area is 166 Å². The quantitative estimate of drug-likeness (QED) is 0.258. The van der Waals surface area contributed by atoms with Crippen LogP contribution in [0.15, 0.2) is 40.5 Å². The van der Waals surface area contributed by atoms with Gasteiger partial charge in [-0.05, 0) is 0 Å². The van der Waals surface area contributed by atoms with Gasteiger partial charge in [-0.2, -0.15) is 0 Å². The number of carbonyl (C=O) groups is 3. The van der Waals surface area contributed by atoms with Crippen LogP contribution in [0.25, 0.3) is 0 Å². The SMILES string of the molecule is C=BN=N[C@](CC=O)(C(=O)N[C@@H](CCc1ccccc1)C(=O)OC)C(C)CC. The van der Waals surface area contributed by atoms with Crippen LogP contribution in [0.5, 0.6) is 0 Å². The van der Waals surface area contributed by atoms with Gasteiger partial charge in [-0.15, -0.1) is 0 Å². The van der Waals surface area contributed by atoms with Gasteiger partial charge in [-0.25, -0.2) is 0 Å². The van der Waals surface area contributed by atoms with E-state index in [1.165, 1.54) is 14.2 Å². The number of nitrogens with zero attached hydrogens (tertiary/aromatic N) is 2. The molecule has 0 aliphatic carbocycles. The monoisotopic (exact) mass is 385 g/mol. The minimum absolute atomic E-state index is 0.141. The van der Waals surface area contributed by atoms with Crippen LogP contribution >= 0.6 is 0 Å². The second-order valence-electron chi connectivity index (χ2n) is 6.58. The van der Waals surface area contributed by atoms with E-state index in [0.29, 0.717) is 25.5 Å². The van der Waals surface area contributed by atoms with Crippen molar-refractivity contribution in [3.63, 3.8) is 0 Å². The molecule has 0 aliphatic rings. The van der Waals surface area contributed by atoms with Crippen molar-refractivity contribution >= 4 is 31.7 Å². The molecule has 7 nitrogen and oxygen atoms in total. The van der Waals surface area contributed by atoms with Gasteiger partial charge in [0, 0.05) is 0 Å². The maximum absolute atomic E-state index is 13.1. The molecule has 1 N–H and O–H groups in total. The third-order valence-electron chi connectivity index (χ3n) is 4.89. The summed E-state index contributed by atoms with van der Waals surface area (Å²) in [4.78, 5) is 36.7. The van der Waals surface area contributed by atoms with E-state index in [1.807, 2.05) is 44.2 Å². The molecule has 1 aromatic rings. The van der Waals surface area contributed by atoms with Crippen LogP contribution in [-0.2, 0) is 25.5 Å². The van der Waals surface area contributed by atoms with Gasteiger partial charge in [-0.3, -0.25) is 0 Å². The van der Waals surface area contributed by atoms with Gasteiger partial charge in [0.1, 0.15) is 0 Å². The van der Waals surface area contributed by atoms with Crippen LogP contribution in [0.1, 0.15) is 38.7 Å². The first kappa shape index (κ1) is 23.4. The molecule has 0 spiro atoms. The Kier molecular flexibility index (Phi) is 9.99. The van der Waals surface area contributed by atoms with E-state index in [4.69, 9.17) is 4.74 Å². The van der Waals surface area contributed by atoms with E-state index in [0.717, 1.165) is 5.56 Å². The Morgan fingerprint density at radius 1 is 1.36 bits per heavy atom. The summed E-state index contributed by atoms with van der Waals surface area (Å²) in [7, 11) is 2.48. The van der Waals surface area contributed by atoms with Crippen LogP contribution in [0.4, 0.5) is 0 Å². The van der Waals surface area contributed by atoms with Gasteiger partial charge in [-0.1, -0.05) is 0 Å². The molecule has 0 radical (unpaired) electrons. The van der Waals surface area contributed by atoms with E-state index in [2.05, 4.69) is 21.9 Å². The zero-order valence-corrected chi connectivity index (χ0v) is 16.8. The molecule has 28 heavy (non-hydrogen) atoms. The maximum atomic E-state index is 13.1. The normalized spacial score (nSPS) is 15.1. The molecular weight excluding hydrogens is 357 g/mol. The summed E-state index contributed by atoms with van der Waals surface area (Å²) in [6.45, 7) is 7.20. The number of esters is 1. The molecule has 0 heterocycles. The topological polar surface area (TPSA) is 97.2 Å². The number of benzene rings is 1. The van der Waals surface area contributed by atoms with Crippen molar-refractivity contribution < 1.29 is 19.1 Å². The van der Waals surface area contributed by atoms with Gasteiger partial charge in [0.25, 0.3) is 0 Å². The number of ether oxygens (including phenoxy) is 1. The molecule has 1 rings (SSSR count). The van der Waals surface area contributed by atoms with Crippen molar-refractivity contribution in [2.45, 2.75) is 51.1 Å². The van der Waals surface area contributed by atoms with Gasteiger partial charge < -0.3 is 0 Å². The fourth-order valence-electron chi connectivity index (χ4n) is 2.94. The molecule has 1 aromatic carbocycles. The van der Waals surface area contributed by atoms with Gasteiger partial charge in [0.15, 0.2) is 0 Å². The summed E-state index contributed by atoms with van der Waals surface area (Å²) < 4.78 is 4.85. The predicted octanol–water partition coefficient (Wildman–Crippen LogP) is 2.15. The number of hydrogen-bond donors (Lipinski definition) is 1. The number of carbonyl (C=O) groups excluding carboxylic acids is 3. The summed E-state index contributed by atoms with van der Waals surface area (Å²) >= 11 is 0. The second-order valence-corrected chi connectivity index (χ2v) is 6.58. The van der Waals surface area contributed by atoms with E-state index in [-0.39, 0.29) is 12.3 Å². The standard InChI is InChI=1S/C20H28BN3O4/c1-5-15(2)20(13-14-25,23-24-21-3)19(27)22-17(18(26)28-4)12-11-16-9-7-6-8-10-16/h6-10,14-15,17H,3,5,11-13H2,1-2,4H3,(H,22,27)/t15?,17-,20-/m0/s1. The molecule has 0 fully saturated rings. The molecule has 3 atom stereocenters. The second kappa shape index (κ2) is 11.9. The van der Waals surface area contributed by atoms with E-state index >= 15 is 0 Å². The van der Waals surface area contributed by atoms with Crippen LogP contribution in [0, 0.1) is 5.92 Å². The number of aldehydes is 1. The fourth-order valence-corrected chi connectivity index (χ4v) is 2.94. The van der Waals surface area contributed by atoms with Crippen LogP contribution in [-0.4, -0.2) is 50.4 Å². The minimum atomic E-state index is -1.40. The molecular formula is C20H28BN3O4. The van der Waals surface area contributed by atoms with Crippen molar-refractivity contribution in [1.82, 2.24) is 5.32 Å². The third-order valence-corrected chi connectivity index (χ3v) is 4.89. The van der Waals surface area contributed by atoms with E-state index < -0.39 is 23.5 Å². The van der Waals surface area contributed by atoms with Crippen LogP contribution in [0.2, 0.25) is 0 Å². The number of rotatable bonds is 12. The molecule has 8 heteroatoms. The summed E-state index contributed by atoms with van der Waals surface area (Å²) in [6.07, 6.45) is 2.05. The number of aryl methyl sites for hydroxylation is 1. The summed E-state index contributed by atoms with van der Waals surface area (Å²) in [6, 6.07) is 8.78. The van der Waals surface area contributed by atoms with Crippen LogP contribution < -0.4 is 5.32 Å². The number of methoxy groups -OCH3 is 1. The molecule has 1 amide bonds. The first-order valence-electron chi connectivity index (χ1n) is 9.34. The average Bonchev–Trinajstić information content (AvgIpc) is 2.73. The van der Waals surface area contributed by atoms with Crippen molar-refractivity contribution in [2.24, 2.45) is 16.1 Å². The predicted molar refractivity (Wildman–Crippen MR) is 109 cm³/mol. The van der Waals surface area contributed by atoms with Crippen LogP contribution in [0.3, 0.4) is 0 Å². The number of amides is 1. The van der Waals surface area contributed by atoms with Crippen molar-refractivity contribution in [3.05, 3.63) is 35.9 Å². The first-order valence-corrected chi connectivity index (χ1v) is 9.34. The first-order chi connectivity index (χ1) is 13.4. The van der Waals surface area contributed by atoms with Crippen molar-refractivity contribution in [1.29, 1.82) is 0 Å². The molecule has 0 aliphatic heterocycles.